The molecule has 0 fully saturated rings. The van der Waals surface area contributed by atoms with Gasteiger partial charge >= 0.3 is 0 Å². The molecule has 1 rings (SSSR count). The molecular weight excluding hydrogens is 282 g/mol. The lowest BCUT2D eigenvalue weighted by Crippen LogP contribution is -2.20. The van der Waals surface area contributed by atoms with E-state index in [4.69, 9.17) is 10.5 Å². The van der Waals surface area contributed by atoms with Gasteiger partial charge in [-0.25, -0.2) is 0 Å². The average Bonchev–Trinajstić information content (AvgIpc) is 2.27. The SMILES string of the molecule is CN(C)CCOCCNc1cc(Br)ccc1N. The number of nitrogens with one attached hydrogen (secondary N) is 1. The lowest BCUT2D eigenvalue weighted by molar-refractivity contribution is 0.126. The molecule has 0 amide bonds. The highest BCUT2D eigenvalue weighted by atomic mass is 79.9. The quantitative estimate of drug-likeness (QED) is 0.598. The van der Waals surface area contributed by atoms with Crippen molar-refractivity contribution in [2.45, 2.75) is 0 Å². The van der Waals surface area contributed by atoms with Crippen molar-refractivity contribution in [3.05, 3.63) is 22.7 Å². The van der Waals surface area contributed by atoms with Gasteiger partial charge in [0.2, 0.25) is 0 Å². The molecule has 3 N–H and O–H groups in total. The molecule has 5 heteroatoms. The molecule has 17 heavy (non-hydrogen) atoms. The molecule has 96 valence electrons. The van der Waals surface area contributed by atoms with Crippen molar-refractivity contribution in [1.29, 1.82) is 0 Å². The van der Waals surface area contributed by atoms with Crippen LogP contribution in [0.4, 0.5) is 11.4 Å². The second-order valence-electron chi connectivity index (χ2n) is 4.07. The van der Waals surface area contributed by atoms with E-state index in [-0.39, 0.29) is 0 Å². The molecule has 0 radical (unpaired) electrons. The molecule has 0 atom stereocenters. The molecule has 0 bridgehead atoms. The maximum atomic E-state index is 5.84. The van der Waals surface area contributed by atoms with Crippen LogP contribution in [0.2, 0.25) is 0 Å². The van der Waals surface area contributed by atoms with Crippen molar-refractivity contribution in [3.8, 4) is 0 Å². The van der Waals surface area contributed by atoms with Crippen molar-refractivity contribution in [1.82, 2.24) is 4.90 Å². The Morgan fingerprint density at radius 1 is 1.35 bits per heavy atom. The maximum Gasteiger partial charge on any atom is 0.0639 e. The van der Waals surface area contributed by atoms with Gasteiger partial charge in [0, 0.05) is 17.6 Å². The molecule has 0 heterocycles. The number of likely N-dealkylation sites (N-methyl/N-ethyl adjacent to an activating group) is 1. The molecule has 0 aliphatic carbocycles. The van der Waals surface area contributed by atoms with Crippen molar-refractivity contribution < 1.29 is 4.74 Å². The molecule has 0 saturated heterocycles. The van der Waals surface area contributed by atoms with Gasteiger partial charge in [-0.05, 0) is 32.3 Å². The van der Waals surface area contributed by atoms with Gasteiger partial charge in [0.15, 0.2) is 0 Å². The van der Waals surface area contributed by atoms with E-state index in [1.54, 1.807) is 0 Å². The van der Waals surface area contributed by atoms with Crippen molar-refractivity contribution in [2.75, 3.05) is 51.4 Å². The van der Waals surface area contributed by atoms with Gasteiger partial charge in [0.05, 0.1) is 24.6 Å². The van der Waals surface area contributed by atoms with Crippen LogP contribution in [0.5, 0.6) is 0 Å². The van der Waals surface area contributed by atoms with E-state index in [9.17, 15) is 0 Å². The lowest BCUT2D eigenvalue weighted by atomic mass is 10.3. The van der Waals surface area contributed by atoms with Crippen LogP contribution in [0.1, 0.15) is 0 Å². The van der Waals surface area contributed by atoms with Gasteiger partial charge in [0.1, 0.15) is 0 Å². The minimum Gasteiger partial charge on any atom is -0.397 e. The summed E-state index contributed by atoms with van der Waals surface area (Å²) >= 11 is 3.41. The molecule has 0 aliphatic heterocycles. The summed E-state index contributed by atoms with van der Waals surface area (Å²) in [6.45, 7) is 3.13. The van der Waals surface area contributed by atoms with Gasteiger partial charge in [-0.3, -0.25) is 0 Å². The molecule has 0 saturated carbocycles. The number of rotatable bonds is 7. The molecule has 1 aromatic carbocycles. The van der Waals surface area contributed by atoms with Gasteiger partial charge in [0.25, 0.3) is 0 Å². The van der Waals surface area contributed by atoms with Crippen LogP contribution >= 0.6 is 15.9 Å². The average molecular weight is 302 g/mol. The van der Waals surface area contributed by atoms with Crippen LogP contribution in [0.25, 0.3) is 0 Å². The number of nitrogen functional groups attached to an aromatic ring is 1. The number of anilines is 2. The molecular formula is C12H20BrN3O. The largest absolute Gasteiger partial charge is 0.397 e. The molecule has 0 aromatic heterocycles. The predicted molar refractivity (Wildman–Crippen MR) is 76.4 cm³/mol. The summed E-state index contributed by atoms with van der Waals surface area (Å²) in [6, 6.07) is 5.77. The first-order valence-corrected chi connectivity index (χ1v) is 6.40. The molecule has 0 spiro atoms. The lowest BCUT2D eigenvalue weighted by Gasteiger charge is -2.12. The second-order valence-corrected chi connectivity index (χ2v) is 4.99. The van der Waals surface area contributed by atoms with E-state index in [0.29, 0.717) is 6.61 Å². The standard InChI is InChI=1S/C12H20BrN3O/c1-16(2)6-8-17-7-5-15-12-9-10(13)3-4-11(12)14/h3-4,9,15H,5-8,14H2,1-2H3. The van der Waals surface area contributed by atoms with Gasteiger partial charge in [-0.2, -0.15) is 0 Å². The molecule has 4 nitrogen and oxygen atoms in total. The first kappa shape index (κ1) is 14.3. The van der Waals surface area contributed by atoms with Gasteiger partial charge in [-0.1, -0.05) is 15.9 Å². The van der Waals surface area contributed by atoms with Gasteiger partial charge < -0.3 is 20.7 Å². The third kappa shape index (κ3) is 5.91. The summed E-state index contributed by atoms with van der Waals surface area (Å²) in [7, 11) is 4.06. The Morgan fingerprint density at radius 3 is 2.82 bits per heavy atom. The highest BCUT2D eigenvalue weighted by Crippen LogP contribution is 2.22. The monoisotopic (exact) mass is 301 g/mol. The van der Waals surface area contributed by atoms with Crippen LogP contribution in [0.3, 0.4) is 0 Å². The topological polar surface area (TPSA) is 50.5 Å². The minimum absolute atomic E-state index is 0.680. The fraction of sp³-hybridized carbons (Fsp3) is 0.500. The van der Waals surface area contributed by atoms with E-state index in [1.165, 1.54) is 0 Å². The number of hydrogen-bond donors (Lipinski definition) is 2. The Bertz CT molecular complexity index is 345. The highest BCUT2D eigenvalue weighted by molar-refractivity contribution is 9.10. The van der Waals surface area contributed by atoms with Crippen molar-refractivity contribution >= 4 is 27.3 Å². The molecule has 1 aromatic rings. The fourth-order valence-electron chi connectivity index (χ4n) is 1.29. The number of nitrogens with zero attached hydrogens (tertiary/aromatic N) is 1. The predicted octanol–water partition coefficient (Wildman–Crippen LogP) is 2.02. The third-order valence-corrected chi connectivity index (χ3v) is 2.75. The normalized spacial score (nSPS) is 10.8. The van der Waals surface area contributed by atoms with E-state index in [0.717, 1.165) is 35.5 Å². The van der Waals surface area contributed by atoms with Crippen LogP contribution in [0, 0.1) is 0 Å². The maximum absolute atomic E-state index is 5.84. The Hall–Kier alpha value is -0.780. The first-order chi connectivity index (χ1) is 8.09. The second kappa shape index (κ2) is 7.53. The van der Waals surface area contributed by atoms with E-state index in [1.807, 2.05) is 32.3 Å². The van der Waals surface area contributed by atoms with Crippen LogP contribution in [0.15, 0.2) is 22.7 Å². The molecule has 0 unspecified atom stereocenters. The zero-order valence-corrected chi connectivity index (χ0v) is 12.0. The van der Waals surface area contributed by atoms with Crippen LogP contribution in [-0.2, 0) is 4.74 Å². The highest BCUT2D eigenvalue weighted by Gasteiger charge is 1.99. The summed E-state index contributed by atoms with van der Waals surface area (Å²) < 4.78 is 6.50. The van der Waals surface area contributed by atoms with E-state index >= 15 is 0 Å². The van der Waals surface area contributed by atoms with Gasteiger partial charge in [-0.15, -0.1) is 0 Å². The third-order valence-electron chi connectivity index (χ3n) is 2.26. The smallest absolute Gasteiger partial charge is 0.0639 e. The summed E-state index contributed by atoms with van der Waals surface area (Å²) in [4.78, 5) is 2.10. The van der Waals surface area contributed by atoms with Crippen molar-refractivity contribution in [3.63, 3.8) is 0 Å². The number of nitrogens with two attached hydrogens (primary N) is 1. The van der Waals surface area contributed by atoms with Crippen LogP contribution < -0.4 is 11.1 Å². The first-order valence-electron chi connectivity index (χ1n) is 5.61. The van der Waals surface area contributed by atoms with E-state index < -0.39 is 0 Å². The zero-order chi connectivity index (χ0) is 12.7. The summed E-state index contributed by atoms with van der Waals surface area (Å²) in [5.74, 6) is 0. The zero-order valence-electron chi connectivity index (χ0n) is 10.4. The Labute approximate surface area is 111 Å². The Kier molecular flexibility index (Phi) is 6.32. The molecule has 0 aliphatic rings. The Balaban J connectivity index is 2.20. The number of benzene rings is 1. The number of hydrogen-bond acceptors (Lipinski definition) is 4. The fourth-order valence-corrected chi connectivity index (χ4v) is 1.65. The number of halogens is 1. The summed E-state index contributed by atoms with van der Waals surface area (Å²) in [5, 5.41) is 3.25. The Morgan fingerprint density at radius 2 is 2.12 bits per heavy atom. The van der Waals surface area contributed by atoms with Crippen LogP contribution in [-0.4, -0.2) is 45.3 Å². The minimum atomic E-state index is 0.680. The van der Waals surface area contributed by atoms with Crippen molar-refractivity contribution in [2.24, 2.45) is 0 Å². The summed E-state index contributed by atoms with van der Waals surface area (Å²) in [6.07, 6.45) is 0. The number of ether oxygens (including phenoxy) is 1. The van der Waals surface area contributed by atoms with E-state index in [2.05, 4.69) is 26.1 Å². The summed E-state index contributed by atoms with van der Waals surface area (Å²) in [5.41, 5.74) is 7.53.